The second-order valence-corrected chi connectivity index (χ2v) is 21.7. The summed E-state index contributed by atoms with van der Waals surface area (Å²) in [6.07, 6.45) is 75.3. The summed E-state index contributed by atoms with van der Waals surface area (Å²) in [5.41, 5.74) is 5.39. The van der Waals surface area contributed by atoms with Gasteiger partial charge < -0.3 is 20.1 Å². The Balaban J connectivity index is 3.97. The fourth-order valence-electron chi connectivity index (χ4n) is 8.64. The third-order valence-corrected chi connectivity index (χ3v) is 14.1. The van der Waals surface area contributed by atoms with Crippen molar-refractivity contribution in [3.63, 3.8) is 0 Å². The van der Waals surface area contributed by atoms with Gasteiger partial charge in [-0.15, -0.1) is 0 Å². The number of nitrogens with two attached hydrogens (primary N) is 1. The van der Waals surface area contributed by atoms with E-state index in [0.717, 1.165) is 83.5 Å². The Hall–Kier alpha value is -2.55. The molecule has 9 nitrogen and oxygen atoms in total. The fourth-order valence-corrected chi connectivity index (χ4v) is 9.41. The van der Waals surface area contributed by atoms with E-state index in [4.69, 9.17) is 24.3 Å². The van der Waals surface area contributed by atoms with Crippen LogP contribution in [0.5, 0.6) is 0 Å². The smallest absolute Gasteiger partial charge is 0.462 e. The lowest BCUT2D eigenvalue weighted by Crippen LogP contribution is -2.29. The van der Waals surface area contributed by atoms with Crippen molar-refractivity contribution in [3.05, 3.63) is 72.9 Å². The zero-order valence-corrected chi connectivity index (χ0v) is 48.3. The van der Waals surface area contributed by atoms with E-state index in [9.17, 15) is 19.0 Å². The summed E-state index contributed by atoms with van der Waals surface area (Å²) in [7, 11) is -4.39. The molecule has 424 valence electrons. The van der Waals surface area contributed by atoms with Crippen molar-refractivity contribution in [2.45, 2.75) is 290 Å². The van der Waals surface area contributed by atoms with Crippen LogP contribution in [0.3, 0.4) is 0 Å². The molecule has 0 bridgehead atoms. The maximum absolute atomic E-state index is 12.7. The summed E-state index contributed by atoms with van der Waals surface area (Å²) < 4.78 is 33.1. The molecule has 0 saturated carbocycles. The number of carbonyl (C=O) groups excluding carboxylic acids is 2. The summed E-state index contributed by atoms with van der Waals surface area (Å²) in [5.74, 6) is -0.828. The van der Waals surface area contributed by atoms with Crippen molar-refractivity contribution in [1.82, 2.24) is 0 Å². The van der Waals surface area contributed by atoms with E-state index in [1.165, 1.54) is 167 Å². The van der Waals surface area contributed by atoms with E-state index in [0.29, 0.717) is 6.42 Å². The van der Waals surface area contributed by atoms with Crippen LogP contribution in [0, 0.1) is 0 Å². The van der Waals surface area contributed by atoms with Crippen molar-refractivity contribution < 1.29 is 37.6 Å². The average molecular weight is 1040 g/mol. The second-order valence-electron chi connectivity index (χ2n) is 20.2. The van der Waals surface area contributed by atoms with Gasteiger partial charge in [0.05, 0.1) is 13.2 Å². The molecule has 0 amide bonds. The highest BCUT2D eigenvalue weighted by atomic mass is 31.2. The molecular weight excluding hydrogens is 930 g/mol. The molecule has 0 saturated heterocycles. The summed E-state index contributed by atoms with van der Waals surface area (Å²) in [6.45, 7) is 3.66. The predicted octanol–water partition coefficient (Wildman–Crippen LogP) is 19.3. The van der Waals surface area contributed by atoms with Gasteiger partial charge in [0, 0.05) is 19.4 Å². The van der Waals surface area contributed by atoms with Gasteiger partial charge in [-0.1, -0.05) is 279 Å². The number of hydrogen-bond donors (Lipinski definition) is 2. The third kappa shape index (κ3) is 58.6. The Kier molecular flexibility index (Phi) is 56.7. The maximum Gasteiger partial charge on any atom is 0.472 e. The Morgan fingerprint density at radius 3 is 1.12 bits per heavy atom. The maximum atomic E-state index is 12.7. The zero-order chi connectivity index (χ0) is 53.1. The molecule has 10 heteroatoms. The molecule has 3 N–H and O–H groups in total. The van der Waals surface area contributed by atoms with E-state index < -0.39 is 26.5 Å². The minimum atomic E-state index is -4.39. The number of phosphoric acid groups is 1. The molecule has 0 radical (unpaired) electrons. The van der Waals surface area contributed by atoms with Crippen LogP contribution in [0.25, 0.3) is 0 Å². The Labute approximate surface area is 450 Å². The molecule has 0 rings (SSSR count). The van der Waals surface area contributed by atoms with Crippen LogP contribution in [0.1, 0.15) is 284 Å². The average Bonchev–Trinajstić information content (AvgIpc) is 3.38. The molecule has 0 aromatic heterocycles. The van der Waals surface area contributed by atoms with E-state index in [1.54, 1.807) is 0 Å². The zero-order valence-electron chi connectivity index (χ0n) is 47.4. The van der Waals surface area contributed by atoms with Gasteiger partial charge in [-0.05, 0) is 64.2 Å². The normalized spacial score (nSPS) is 13.5. The van der Waals surface area contributed by atoms with Gasteiger partial charge >= 0.3 is 19.8 Å². The molecular formula is C63H114NO8P. The first kappa shape index (κ1) is 70.5. The topological polar surface area (TPSA) is 134 Å². The van der Waals surface area contributed by atoms with Crippen LogP contribution in [-0.4, -0.2) is 49.3 Å². The summed E-state index contributed by atoms with van der Waals surface area (Å²) in [5, 5.41) is 0. The lowest BCUT2D eigenvalue weighted by atomic mass is 10.0. The number of hydrogen-bond acceptors (Lipinski definition) is 8. The first-order chi connectivity index (χ1) is 35.8. The van der Waals surface area contributed by atoms with Crippen LogP contribution >= 0.6 is 7.82 Å². The van der Waals surface area contributed by atoms with Gasteiger partial charge in [-0.25, -0.2) is 4.57 Å². The molecule has 73 heavy (non-hydrogen) atoms. The third-order valence-electron chi connectivity index (χ3n) is 13.1. The van der Waals surface area contributed by atoms with Gasteiger partial charge in [0.1, 0.15) is 6.61 Å². The number of ether oxygens (including phenoxy) is 2. The van der Waals surface area contributed by atoms with Crippen LogP contribution in [-0.2, 0) is 32.7 Å². The summed E-state index contributed by atoms with van der Waals surface area (Å²) in [4.78, 5) is 35.2. The molecule has 0 fully saturated rings. The highest BCUT2D eigenvalue weighted by Gasteiger charge is 2.26. The van der Waals surface area contributed by atoms with Crippen molar-refractivity contribution in [3.8, 4) is 0 Å². The van der Waals surface area contributed by atoms with Gasteiger partial charge in [-0.2, -0.15) is 0 Å². The Morgan fingerprint density at radius 1 is 0.425 bits per heavy atom. The van der Waals surface area contributed by atoms with Crippen LogP contribution in [0.15, 0.2) is 72.9 Å². The SMILES string of the molecule is CC/C=C\C/C=C\C/C=C\C/C=C\C/C=C\C/C=C\CCCCCCCCCCC(=O)OC(COC(=O)CCCCCCCCCCCCCCCCCCCCCCCCCCC)COP(=O)(O)OCCN. The second kappa shape index (κ2) is 58.7. The first-order valence-corrected chi connectivity index (χ1v) is 31.9. The molecule has 0 aliphatic heterocycles. The first-order valence-electron chi connectivity index (χ1n) is 30.4. The number of rotatable bonds is 57. The summed E-state index contributed by atoms with van der Waals surface area (Å²) >= 11 is 0. The lowest BCUT2D eigenvalue weighted by Gasteiger charge is -2.19. The Morgan fingerprint density at radius 2 is 0.753 bits per heavy atom. The van der Waals surface area contributed by atoms with Crippen molar-refractivity contribution in [2.24, 2.45) is 5.73 Å². The standard InChI is InChI=1S/C63H114NO8P/c1-3-5-7-9-11-13-15-17-19-21-23-25-27-29-30-32-34-36-38-40-42-44-46-48-50-52-54-56-63(66)72-61(60-71-73(67,68)70-58-57-64)59-69-62(65)55-53-51-49-47-45-43-41-39-37-35-33-31-28-26-24-22-20-18-16-14-12-10-8-6-4-2/h5,7,11,13,17,19,23,25,29-30,34,36,61H,3-4,6,8-10,12,14-16,18,20-22,24,26-28,31-33,35,37-60,64H2,1-2H3,(H,67,68)/b7-5-,13-11-,19-17-,25-23-,30-29-,36-34-. The molecule has 0 aromatic rings. The van der Waals surface area contributed by atoms with Crippen molar-refractivity contribution in [1.29, 1.82) is 0 Å². The number of esters is 2. The largest absolute Gasteiger partial charge is 0.472 e. The number of phosphoric ester groups is 1. The van der Waals surface area contributed by atoms with Crippen LogP contribution in [0.4, 0.5) is 0 Å². The number of unbranched alkanes of at least 4 members (excludes halogenated alkanes) is 32. The van der Waals surface area contributed by atoms with Gasteiger partial charge in [0.15, 0.2) is 6.10 Å². The number of allylic oxidation sites excluding steroid dienone is 12. The van der Waals surface area contributed by atoms with Crippen molar-refractivity contribution >= 4 is 19.8 Å². The summed E-state index contributed by atoms with van der Waals surface area (Å²) in [6, 6.07) is 0. The van der Waals surface area contributed by atoms with Crippen LogP contribution < -0.4 is 5.73 Å². The van der Waals surface area contributed by atoms with E-state index in [2.05, 4.69) is 86.8 Å². The Bertz CT molecular complexity index is 1420. The highest BCUT2D eigenvalue weighted by molar-refractivity contribution is 7.47. The molecule has 0 aliphatic rings. The molecule has 0 heterocycles. The van der Waals surface area contributed by atoms with Crippen LogP contribution in [0.2, 0.25) is 0 Å². The quantitative estimate of drug-likeness (QED) is 0.0264. The lowest BCUT2D eigenvalue weighted by molar-refractivity contribution is -0.161. The molecule has 0 spiro atoms. The van der Waals surface area contributed by atoms with E-state index in [1.807, 2.05) is 0 Å². The van der Waals surface area contributed by atoms with Gasteiger partial charge in [0.2, 0.25) is 0 Å². The molecule has 2 atom stereocenters. The van der Waals surface area contributed by atoms with Gasteiger partial charge in [-0.3, -0.25) is 18.6 Å². The highest BCUT2D eigenvalue weighted by Crippen LogP contribution is 2.43. The minimum Gasteiger partial charge on any atom is -0.462 e. The monoisotopic (exact) mass is 1040 g/mol. The van der Waals surface area contributed by atoms with E-state index in [-0.39, 0.29) is 38.6 Å². The molecule has 0 aliphatic carbocycles. The minimum absolute atomic E-state index is 0.0502. The number of carbonyl (C=O) groups is 2. The molecule has 0 aromatic carbocycles. The van der Waals surface area contributed by atoms with Gasteiger partial charge in [0.25, 0.3) is 0 Å². The van der Waals surface area contributed by atoms with E-state index >= 15 is 0 Å². The molecule has 2 unspecified atom stereocenters. The fraction of sp³-hybridized carbons (Fsp3) is 0.778. The van der Waals surface area contributed by atoms with Crippen molar-refractivity contribution in [2.75, 3.05) is 26.4 Å². The predicted molar refractivity (Wildman–Crippen MR) is 312 cm³/mol.